The number of aromatic nitrogens is 2. The number of aryl methyl sites for hydroxylation is 1. The van der Waals surface area contributed by atoms with Gasteiger partial charge in [-0.1, -0.05) is 36.4 Å². The molecule has 0 saturated heterocycles. The molecule has 0 radical (unpaired) electrons. The monoisotopic (exact) mass is 390 g/mol. The van der Waals surface area contributed by atoms with Gasteiger partial charge < -0.3 is 20.1 Å². The first-order chi connectivity index (χ1) is 14.3. The summed E-state index contributed by atoms with van der Waals surface area (Å²) in [7, 11) is 0. The number of ether oxygens (including phenoxy) is 2. The van der Waals surface area contributed by atoms with Crippen LogP contribution in [0.15, 0.2) is 60.8 Å². The molecule has 148 valence electrons. The Morgan fingerprint density at radius 1 is 1.00 bits per heavy atom. The molecular weight excluding hydrogens is 368 g/mol. The number of nitrogens with one attached hydrogen (secondary N) is 2. The van der Waals surface area contributed by atoms with Gasteiger partial charge in [-0.25, -0.2) is 9.97 Å². The number of rotatable bonds is 8. The van der Waals surface area contributed by atoms with Gasteiger partial charge in [0.1, 0.15) is 5.69 Å². The standard InChI is InChI=1S/C22H22N4O3/c27-21(25-14-17-8-9-19-20(13-17)29-15-28-19)18-10-12-24-22(26-18)23-11-4-7-16-5-2-1-3-6-16/h1-3,5-6,8-10,12-13H,4,7,11,14-15H2,(H,25,27)(H,23,24,26). The van der Waals surface area contributed by atoms with Crippen molar-refractivity contribution in [3.63, 3.8) is 0 Å². The lowest BCUT2D eigenvalue weighted by atomic mass is 10.1. The molecule has 2 aromatic carbocycles. The highest BCUT2D eigenvalue weighted by Gasteiger charge is 2.14. The predicted octanol–water partition coefficient (Wildman–Crippen LogP) is 3.18. The first kappa shape index (κ1) is 18.7. The van der Waals surface area contributed by atoms with Crippen molar-refractivity contribution in [2.45, 2.75) is 19.4 Å². The fraction of sp³-hybridized carbons (Fsp3) is 0.227. The zero-order chi connectivity index (χ0) is 19.9. The van der Waals surface area contributed by atoms with Gasteiger partial charge in [0.25, 0.3) is 5.91 Å². The maximum atomic E-state index is 12.4. The number of fused-ring (bicyclic) bond motifs is 1. The summed E-state index contributed by atoms with van der Waals surface area (Å²) in [5.41, 5.74) is 2.55. The molecule has 0 unspecified atom stereocenters. The second-order valence-electron chi connectivity index (χ2n) is 6.65. The van der Waals surface area contributed by atoms with Crippen molar-refractivity contribution in [3.05, 3.63) is 77.6 Å². The zero-order valence-electron chi connectivity index (χ0n) is 15.9. The van der Waals surface area contributed by atoms with E-state index >= 15 is 0 Å². The predicted molar refractivity (Wildman–Crippen MR) is 109 cm³/mol. The molecule has 0 spiro atoms. The van der Waals surface area contributed by atoms with Crippen LogP contribution in [0.25, 0.3) is 0 Å². The fourth-order valence-corrected chi connectivity index (χ4v) is 3.03. The zero-order valence-corrected chi connectivity index (χ0v) is 15.9. The SMILES string of the molecule is O=C(NCc1ccc2c(c1)OCO2)c1ccnc(NCCCc2ccccc2)n1. The van der Waals surface area contributed by atoms with Crippen molar-refractivity contribution in [1.82, 2.24) is 15.3 Å². The van der Waals surface area contributed by atoms with E-state index in [-0.39, 0.29) is 12.7 Å². The van der Waals surface area contributed by atoms with Gasteiger partial charge in [0.15, 0.2) is 11.5 Å². The van der Waals surface area contributed by atoms with Crippen LogP contribution in [0.1, 0.15) is 28.0 Å². The molecular formula is C22H22N4O3. The molecule has 3 aromatic rings. The van der Waals surface area contributed by atoms with Crippen LogP contribution in [0.5, 0.6) is 11.5 Å². The Morgan fingerprint density at radius 2 is 1.86 bits per heavy atom. The minimum Gasteiger partial charge on any atom is -0.454 e. The summed E-state index contributed by atoms with van der Waals surface area (Å²) < 4.78 is 10.7. The quantitative estimate of drug-likeness (QED) is 0.575. The van der Waals surface area contributed by atoms with Gasteiger partial charge in [-0.2, -0.15) is 0 Å². The number of hydrogen-bond acceptors (Lipinski definition) is 6. The molecule has 7 nitrogen and oxygen atoms in total. The Kier molecular flexibility index (Phi) is 5.85. The summed E-state index contributed by atoms with van der Waals surface area (Å²) in [6, 6.07) is 17.5. The van der Waals surface area contributed by atoms with E-state index in [0.717, 1.165) is 30.7 Å². The highest BCUT2D eigenvalue weighted by molar-refractivity contribution is 5.92. The number of amides is 1. The molecule has 0 aliphatic carbocycles. The van der Waals surface area contributed by atoms with E-state index in [4.69, 9.17) is 9.47 Å². The van der Waals surface area contributed by atoms with E-state index in [2.05, 4.69) is 32.7 Å². The van der Waals surface area contributed by atoms with Crippen molar-refractivity contribution in [3.8, 4) is 11.5 Å². The van der Waals surface area contributed by atoms with Gasteiger partial charge in [0.05, 0.1) is 0 Å². The Balaban J connectivity index is 1.26. The maximum absolute atomic E-state index is 12.4. The molecule has 1 aliphatic heterocycles. The lowest BCUT2D eigenvalue weighted by Gasteiger charge is -2.08. The van der Waals surface area contributed by atoms with Gasteiger partial charge >= 0.3 is 0 Å². The molecule has 2 heterocycles. The van der Waals surface area contributed by atoms with E-state index in [1.807, 2.05) is 36.4 Å². The Hall–Kier alpha value is -3.61. The van der Waals surface area contributed by atoms with Gasteiger partial charge in [-0.3, -0.25) is 4.79 Å². The Bertz CT molecular complexity index is 979. The summed E-state index contributed by atoms with van der Waals surface area (Å²) >= 11 is 0. The highest BCUT2D eigenvalue weighted by atomic mass is 16.7. The topological polar surface area (TPSA) is 85.4 Å². The van der Waals surface area contributed by atoms with Crippen LogP contribution in [0.4, 0.5) is 5.95 Å². The first-order valence-corrected chi connectivity index (χ1v) is 9.55. The molecule has 2 N–H and O–H groups in total. The van der Waals surface area contributed by atoms with Gasteiger partial charge in [-0.15, -0.1) is 0 Å². The van der Waals surface area contributed by atoms with Crippen molar-refractivity contribution < 1.29 is 14.3 Å². The number of carbonyl (C=O) groups excluding carboxylic acids is 1. The highest BCUT2D eigenvalue weighted by Crippen LogP contribution is 2.32. The third kappa shape index (κ3) is 5.01. The largest absolute Gasteiger partial charge is 0.454 e. The maximum Gasteiger partial charge on any atom is 0.270 e. The van der Waals surface area contributed by atoms with Gasteiger partial charge in [0.2, 0.25) is 12.7 Å². The molecule has 1 aromatic heterocycles. The minimum atomic E-state index is -0.252. The molecule has 7 heteroatoms. The fourth-order valence-electron chi connectivity index (χ4n) is 3.03. The second kappa shape index (κ2) is 9.05. The minimum absolute atomic E-state index is 0.229. The average Bonchev–Trinajstić information content (AvgIpc) is 3.24. The van der Waals surface area contributed by atoms with Crippen LogP contribution in [0.3, 0.4) is 0 Å². The lowest BCUT2D eigenvalue weighted by molar-refractivity contribution is 0.0946. The van der Waals surface area contributed by atoms with Gasteiger partial charge in [-0.05, 0) is 42.2 Å². The molecule has 0 bridgehead atoms. The van der Waals surface area contributed by atoms with Crippen LogP contribution in [-0.4, -0.2) is 29.2 Å². The molecule has 4 rings (SSSR count). The molecule has 0 atom stereocenters. The average molecular weight is 390 g/mol. The summed E-state index contributed by atoms with van der Waals surface area (Å²) in [4.78, 5) is 20.9. The summed E-state index contributed by atoms with van der Waals surface area (Å²) in [5, 5.41) is 6.05. The Labute approximate surface area is 169 Å². The number of hydrogen-bond donors (Lipinski definition) is 2. The molecule has 1 amide bonds. The smallest absolute Gasteiger partial charge is 0.270 e. The van der Waals surface area contributed by atoms with Gasteiger partial charge in [0, 0.05) is 19.3 Å². The third-order valence-corrected chi connectivity index (χ3v) is 4.55. The lowest BCUT2D eigenvalue weighted by Crippen LogP contribution is -2.24. The van der Waals surface area contributed by atoms with Crippen LogP contribution in [-0.2, 0) is 13.0 Å². The number of nitrogens with zero attached hydrogens (tertiary/aromatic N) is 2. The van der Waals surface area contributed by atoms with Crippen LogP contribution >= 0.6 is 0 Å². The molecule has 29 heavy (non-hydrogen) atoms. The summed E-state index contributed by atoms with van der Waals surface area (Å²) in [5.74, 6) is 1.62. The number of carbonyl (C=O) groups is 1. The summed E-state index contributed by atoms with van der Waals surface area (Å²) in [6.07, 6.45) is 3.51. The van der Waals surface area contributed by atoms with Crippen LogP contribution in [0, 0.1) is 0 Å². The van der Waals surface area contributed by atoms with E-state index in [1.54, 1.807) is 12.3 Å². The van der Waals surface area contributed by atoms with Crippen molar-refractivity contribution >= 4 is 11.9 Å². The first-order valence-electron chi connectivity index (χ1n) is 9.55. The van der Waals surface area contributed by atoms with E-state index in [1.165, 1.54) is 5.56 Å². The third-order valence-electron chi connectivity index (χ3n) is 4.55. The second-order valence-corrected chi connectivity index (χ2v) is 6.65. The van der Waals surface area contributed by atoms with E-state index in [0.29, 0.717) is 23.9 Å². The Morgan fingerprint density at radius 3 is 2.76 bits per heavy atom. The normalized spacial score (nSPS) is 11.9. The van der Waals surface area contributed by atoms with Crippen molar-refractivity contribution in [2.75, 3.05) is 18.7 Å². The van der Waals surface area contributed by atoms with Crippen LogP contribution in [0.2, 0.25) is 0 Å². The number of anilines is 1. The summed E-state index contributed by atoms with van der Waals surface area (Å²) in [6.45, 7) is 1.34. The molecule has 1 aliphatic rings. The molecule has 0 fully saturated rings. The van der Waals surface area contributed by atoms with E-state index < -0.39 is 0 Å². The molecule has 0 saturated carbocycles. The number of benzene rings is 2. The van der Waals surface area contributed by atoms with E-state index in [9.17, 15) is 4.79 Å². The van der Waals surface area contributed by atoms with Crippen LogP contribution < -0.4 is 20.1 Å². The van der Waals surface area contributed by atoms with Crippen molar-refractivity contribution in [1.29, 1.82) is 0 Å². The van der Waals surface area contributed by atoms with Crippen molar-refractivity contribution in [2.24, 2.45) is 0 Å².